The molecule has 3 unspecified atom stereocenters. The van der Waals surface area contributed by atoms with Crippen LogP contribution in [0.2, 0.25) is 0 Å². The van der Waals surface area contributed by atoms with E-state index < -0.39 is 52.4 Å². The number of primary amides is 1. The second-order valence-corrected chi connectivity index (χ2v) is 9.95. The second kappa shape index (κ2) is 8.56. The number of hydrogen-bond acceptors (Lipinski definition) is 8. The van der Waals surface area contributed by atoms with Crippen LogP contribution in [0.4, 0.5) is 0 Å². The highest BCUT2D eigenvalue weighted by molar-refractivity contribution is 6.22. The Hall–Kier alpha value is -3.17. The number of benzene rings is 1. The first-order valence-electron chi connectivity index (χ1n) is 11.3. The van der Waals surface area contributed by atoms with E-state index in [1.54, 1.807) is 19.0 Å². The molecule has 3 aliphatic rings. The normalized spacial score (nSPS) is 26.6. The van der Waals surface area contributed by atoms with Crippen molar-refractivity contribution in [2.75, 3.05) is 34.7 Å². The number of Topliss-reactive ketones (excluding diaryl/α,β-unsaturated/α-hetero) is 2. The number of amides is 1. The molecule has 0 saturated heterocycles. The lowest BCUT2D eigenvalue weighted by molar-refractivity contribution is -0.127. The molecule has 1 amide bonds. The molecular weight excluding hydrogens is 438 g/mol. The van der Waals surface area contributed by atoms with Gasteiger partial charge in [0.25, 0.3) is 5.91 Å². The molecule has 3 aliphatic carbocycles. The number of phenolic OH excluding ortho intramolecular Hbond substituents is 1. The summed E-state index contributed by atoms with van der Waals surface area (Å²) in [6.45, 7) is 0.764. The van der Waals surface area contributed by atoms with Crippen LogP contribution in [0.15, 0.2) is 34.8 Å². The second-order valence-electron chi connectivity index (χ2n) is 9.95. The molecule has 0 fully saturated rings. The number of aliphatic hydroxyl groups excluding tert-OH is 2. The van der Waals surface area contributed by atoms with E-state index in [9.17, 15) is 29.7 Å². The maximum atomic E-state index is 13.6. The van der Waals surface area contributed by atoms with Crippen LogP contribution >= 0.6 is 0 Å². The van der Waals surface area contributed by atoms with Gasteiger partial charge in [0.15, 0.2) is 11.6 Å². The molecule has 182 valence electrons. The van der Waals surface area contributed by atoms with E-state index >= 15 is 0 Å². The first-order valence-corrected chi connectivity index (χ1v) is 11.3. The van der Waals surface area contributed by atoms with Gasteiger partial charge in [-0.2, -0.15) is 0 Å². The molecule has 4 atom stereocenters. The fourth-order valence-electron chi connectivity index (χ4n) is 5.91. The monoisotopic (exact) mass is 469 g/mol. The molecule has 9 nitrogen and oxygen atoms in total. The lowest BCUT2D eigenvalue weighted by atomic mass is 9.60. The van der Waals surface area contributed by atoms with Gasteiger partial charge in [-0.25, -0.2) is 0 Å². The highest BCUT2D eigenvalue weighted by atomic mass is 16.3. The van der Waals surface area contributed by atoms with Crippen molar-refractivity contribution in [3.05, 3.63) is 51.5 Å². The van der Waals surface area contributed by atoms with E-state index in [-0.39, 0.29) is 22.8 Å². The van der Waals surface area contributed by atoms with Crippen LogP contribution in [-0.4, -0.2) is 83.4 Å². The summed E-state index contributed by atoms with van der Waals surface area (Å²) < 4.78 is 0. The maximum absolute atomic E-state index is 13.6. The average Bonchev–Trinajstić information content (AvgIpc) is 2.72. The van der Waals surface area contributed by atoms with Crippen LogP contribution in [-0.2, 0) is 22.4 Å². The van der Waals surface area contributed by atoms with Gasteiger partial charge >= 0.3 is 0 Å². The molecule has 9 heteroatoms. The van der Waals surface area contributed by atoms with E-state index in [4.69, 9.17) is 5.73 Å². The van der Waals surface area contributed by atoms with Crippen molar-refractivity contribution in [3.8, 4) is 5.75 Å². The van der Waals surface area contributed by atoms with Gasteiger partial charge in [0.1, 0.15) is 22.8 Å². The minimum Gasteiger partial charge on any atom is -0.511 e. The van der Waals surface area contributed by atoms with E-state index in [1.165, 1.54) is 6.07 Å². The molecule has 0 bridgehead atoms. The molecular formula is C25H31N3O6. The highest BCUT2D eigenvalue weighted by Crippen LogP contribution is 2.50. The molecule has 4 rings (SSSR count). The SMILES string of the molecule is CN(C)CCc1ccc(O)c2c1CC1CC3C(C(=O)C(C(N)=O)=C(O)[C@H]3N(C)C)C(O)=C1C2=O. The van der Waals surface area contributed by atoms with Crippen molar-refractivity contribution in [3.63, 3.8) is 0 Å². The highest BCUT2D eigenvalue weighted by Gasteiger charge is 2.54. The third-order valence-electron chi connectivity index (χ3n) is 7.38. The number of aromatic hydroxyl groups is 1. The minimum absolute atomic E-state index is 0.102. The molecule has 0 saturated carbocycles. The van der Waals surface area contributed by atoms with Crippen molar-refractivity contribution in [1.29, 1.82) is 0 Å². The molecule has 5 N–H and O–H groups in total. The van der Waals surface area contributed by atoms with Gasteiger partial charge in [0, 0.05) is 12.1 Å². The summed E-state index contributed by atoms with van der Waals surface area (Å²) >= 11 is 0. The topological polar surface area (TPSA) is 144 Å². The molecule has 0 radical (unpaired) electrons. The largest absolute Gasteiger partial charge is 0.511 e. The molecule has 0 heterocycles. The van der Waals surface area contributed by atoms with Crippen molar-refractivity contribution in [2.24, 2.45) is 23.5 Å². The Morgan fingerprint density at radius 2 is 1.76 bits per heavy atom. The number of allylic oxidation sites excluding steroid dienone is 2. The van der Waals surface area contributed by atoms with Crippen LogP contribution in [0.3, 0.4) is 0 Å². The zero-order chi connectivity index (χ0) is 25.1. The standard InChI is InChI=1S/C25H31N3O6/c1-27(2)8-7-11-5-6-15(29)17-13(11)9-12-10-14-18(22(31)16(12)21(17)30)23(32)19(25(26)34)24(33)20(14)28(3)4/h5-6,12,14,18,20,29,31,33H,7-10H2,1-4H3,(H2,26,34)/t12?,14?,18?,20-/m0/s1. The minimum atomic E-state index is -1.17. The van der Waals surface area contributed by atoms with Gasteiger partial charge in [0.2, 0.25) is 0 Å². The predicted octanol–water partition coefficient (Wildman–Crippen LogP) is 1.11. The number of phenols is 1. The van der Waals surface area contributed by atoms with E-state index in [0.717, 1.165) is 17.7 Å². The van der Waals surface area contributed by atoms with Crippen molar-refractivity contribution in [1.82, 2.24) is 9.80 Å². The smallest absolute Gasteiger partial charge is 0.255 e. The van der Waals surface area contributed by atoms with Crippen molar-refractivity contribution < 1.29 is 29.7 Å². The fourth-order valence-corrected chi connectivity index (χ4v) is 5.91. The van der Waals surface area contributed by atoms with Gasteiger partial charge < -0.3 is 26.0 Å². The summed E-state index contributed by atoms with van der Waals surface area (Å²) in [5, 5.41) is 32.6. The van der Waals surface area contributed by atoms with Gasteiger partial charge in [0.05, 0.1) is 17.5 Å². The Kier molecular flexibility index (Phi) is 6.03. The van der Waals surface area contributed by atoms with E-state index in [1.807, 2.05) is 25.1 Å². The van der Waals surface area contributed by atoms with E-state index in [0.29, 0.717) is 19.3 Å². The van der Waals surface area contributed by atoms with Crippen molar-refractivity contribution >= 4 is 17.5 Å². The Balaban J connectivity index is 1.85. The molecule has 0 aromatic heterocycles. The van der Waals surface area contributed by atoms with Crippen LogP contribution < -0.4 is 5.73 Å². The average molecular weight is 470 g/mol. The Morgan fingerprint density at radius 1 is 1.09 bits per heavy atom. The summed E-state index contributed by atoms with van der Waals surface area (Å²) in [6, 6.07) is 2.60. The van der Waals surface area contributed by atoms with Gasteiger partial charge in [-0.3, -0.25) is 19.3 Å². The summed E-state index contributed by atoms with van der Waals surface area (Å²) in [4.78, 5) is 42.5. The third-order valence-corrected chi connectivity index (χ3v) is 7.38. The number of nitrogens with zero attached hydrogens (tertiary/aromatic N) is 2. The summed E-state index contributed by atoms with van der Waals surface area (Å²) in [5.41, 5.74) is 6.83. The first-order chi connectivity index (χ1) is 16.0. The van der Waals surface area contributed by atoms with Crippen LogP contribution in [0.1, 0.15) is 27.9 Å². The Bertz CT molecular complexity index is 1150. The van der Waals surface area contributed by atoms with Gasteiger partial charge in [-0.05, 0) is 76.5 Å². The quantitative estimate of drug-likeness (QED) is 0.470. The number of rotatable bonds is 5. The van der Waals surface area contributed by atoms with Crippen LogP contribution in [0, 0.1) is 17.8 Å². The van der Waals surface area contributed by atoms with Crippen molar-refractivity contribution in [2.45, 2.75) is 25.3 Å². The number of likely N-dealkylation sites (N-methyl/N-ethyl adjacent to an activating group) is 2. The zero-order valence-corrected chi connectivity index (χ0v) is 19.8. The van der Waals surface area contributed by atoms with Crippen LogP contribution in [0.25, 0.3) is 0 Å². The number of carbonyl (C=O) groups excluding carboxylic acids is 3. The molecule has 0 aliphatic heterocycles. The number of aliphatic hydroxyl groups is 2. The Labute approximate surface area is 198 Å². The number of nitrogens with two attached hydrogens (primary N) is 1. The number of carbonyl (C=O) groups is 3. The molecule has 1 aromatic rings. The van der Waals surface area contributed by atoms with Crippen LogP contribution in [0.5, 0.6) is 5.75 Å². The zero-order valence-electron chi connectivity index (χ0n) is 19.8. The number of fused-ring (bicyclic) bond motifs is 3. The summed E-state index contributed by atoms with van der Waals surface area (Å²) in [6.07, 6.45) is 1.46. The maximum Gasteiger partial charge on any atom is 0.255 e. The molecule has 0 spiro atoms. The third kappa shape index (κ3) is 3.59. The number of hydrogen-bond donors (Lipinski definition) is 4. The Morgan fingerprint density at radius 3 is 2.35 bits per heavy atom. The lowest BCUT2D eigenvalue weighted by Crippen LogP contribution is -2.53. The van der Waals surface area contributed by atoms with E-state index in [2.05, 4.69) is 0 Å². The number of ketones is 2. The summed E-state index contributed by atoms with van der Waals surface area (Å²) in [7, 11) is 7.34. The van der Waals surface area contributed by atoms with Gasteiger partial charge in [-0.1, -0.05) is 6.07 Å². The molecule has 1 aromatic carbocycles. The predicted molar refractivity (Wildman–Crippen MR) is 124 cm³/mol. The molecule has 34 heavy (non-hydrogen) atoms. The summed E-state index contributed by atoms with van der Waals surface area (Å²) in [5.74, 6) is -5.40. The van der Waals surface area contributed by atoms with Gasteiger partial charge in [-0.15, -0.1) is 0 Å². The first kappa shape index (κ1) is 24.0. The lowest BCUT2D eigenvalue weighted by Gasteiger charge is -2.46. The fraction of sp³-hybridized carbons (Fsp3) is 0.480.